The van der Waals surface area contributed by atoms with Gasteiger partial charge in [-0.25, -0.2) is 0 Å². The van der Waals surface area contributed by atoms with E-state index in [0.29, 0.717) is 18.8 Å². The van der Waals surface area contributed by atoms with Crippen molar-refractivity contribution in [2.24, 2.45) is 0 Å². The quantitative estimate of drug-likeness (QED) is 0.930. The van der Waals surface area contributed by atoms with Crippen LogP contribution in [0, 0.1) is 0 Å². The molecule has 0 radical (unpaired) electrons. The summed E-state index contributed by atoms with van der Waals surface area (Å²) in [5.74, 6) is 1.35. The fourth-order valence-electron chi connectivity index (χ4n) is 3.74. The van der Waals surface area contributed by atoms with Gasteiger partial charge in [0, 0.05) is 25.7 Å². The standard InChI is InChI=1S/C20H25N3O2/c24-20(19-9-8-17(25-19)14-22-11-4-5-12-22)23-13-10-21-18(15-23)16-6-2-1-3-7-16/h1-3,6-9,18,21H,4-5,10-15H2. The predicted molar refractivity (Wildman–Crippen MR) is 96.3 cm³/mol. The van der Waals surface area contributed by atoms with Crippen molar-refractivity contribution in [3.63, 3.8) is 0 Å². The molecule has 132 valence electrons. The average Bonchev–Trinajstić information content (AvgIpc) is 3.34. The highest BCUT2D eigenvalue weighted by Gasteiger charge is 2.27. The van der Waals surface area contributed by atoms with E-state index in [1.807, 2.05) is 35.2 Å². The summed E-state index contributed by atoms with van der Waals surface area (Å²) in [5, 5.41) is 3.49. The van der Waals surface area contributed by atoms with Gasteiger partial charge in [-0.3, -0.25) is 9.69 Å². The Hall–Kier alpha value is -2.11. The average molecular weight is 339 g/mol. The summed E-state index contributed by atoms with van der Waals surface area (Å²) in [7, 11) is 0. The molecule has 1 atom stereocenters. The van der Waals surface area contributed by atoms with Crippen LogP contribution < -0.4 is 5.32 Å². The number of likely N-dealkylation sites (tertiary alicyclic amines) is 1. The minimum Gasteiger partial charge on any atom is -0.455 e. The van der Waals surface area contributed by atoms with Gasteiger partial charge in [0.15, 0.2) is 5.76 Å². The first-order valence-electron chi connectivity index (χ1n) is 9.18. The number of nitrogens with zero attached hydrogens (tertiary/aromatic N) is 2. The Bertz CT molecular complexity index is 707. The maximum atomic E-state index is 12.8. The van der Waals surface area contributed by atoms with E-state index in [1.54, 1.807) is 0 Å². The van der Waals surface area contributed by atoms with Crippen molar-refractivity contribution in [2.75, 3.05) is 32.7 Å². The zero-order chi connectivity index (χ0) is 17.1. The Morgan fingerprint density at radius 1 is 1.08 bits per heavy atom. The topological polar surface area (TPSA) is 48.7 Å². The van der Waals surface area contributed by atoms with E-state index in [-0.39, 0.29) is 11.9 Å². The summed E-state index contributed by atoms with van der Waals surface area (Å²) in [6.45, 7) is 5.24. The molecule has 2 aliphatic rings. The third-order valence-corrected chi connectivity index (χ3v) is 5.12. The number of benzene rings is 1. The van der Waals surface area contributed by atoms with Crippen LogP contribution >= 0.6 is 0 Å². The maximum Gasteiger partial charge on any atom is 0.289 e. The molecular weight excluding hydrogens is 314 g/mol. The SMILES string of the molecule is O=C(c1ccc(CN2CCCC2)o1)N1CCNC(c2ccccc2)C1. The van der Waals surface area contributed by atoms with Crippen molar-refractivity contribution >= 4 is 5.91 Å². The number of furan rings is 1. The molecule has 0 aliphatic carbocycles. The summed E-state index contributed by atoms with van der Waals surface area (Å²) >= 11 is 0. The summed E-state index contributed by atoms with van der Waals surface area (Å²) in [4.78, 5) is 17.1. The zero-order valence-corrected chi connectivity index (χ0v) is 14.5. The van der Waals surface area contributed by atoms with Crippen molar-refractivity contribution in [3.8, 4) is 0 Å². The smallest absolute Gasteiger partial charge is 0.289 e. The lowest BCUT2D eigenvalue weighted by Gasteiger charge is -2.33. The number of hydrogen-bond donors (Lipinski definition) is 1. The lowest BCUT2D eigenvalue weighted by molar-refractivity contribution is 0.0667. The molecule has 25 heavy (non-hydrogen) atoms. The van der Waals surface area contributed by atoms with Crippen LogP contribution in [0.2, 0.25) is 0 Å². The molecule has 3 heterocycles. The zero-order valence-electron chi connectivity index (χ0n) is 14.5. The Morgan fingerprint density at radius 3 is 2.68 bits per heavy atom. The summed E-state index contributed by atoms with van der Waals surface area (Å²) in [5.41, 5.74) is 1.22. The second-order valence-electron chi connectivity index (χ2n) is 6.92. The van der Waals surface area contributed by atoms with Gasteiger partial charge in [0.25, 0.3) is 5.91 Å². The highest BCUT2D eigenvalue weighted by atomic mass is 16.4. The van der Waals surface area contributed by atoms with Gasteiger partial charge >= 0.3 is 0 Å². The van der Waals surface area contributed by atoms with Crippen molar-refractivity contribution in [1.29, 1.82) is 0 Å². The maximum absolute atomic E-state index is 12.8. The Labute approximate surface area is 148 Å². The molecule has 2 aromatic rings. The lowest BCUT2D eigenvalue weighted by atomic mass is 10.0. The van der Waals surface area contributed by atoms with Crippen LogP contribution in [0.1, 0.15) is 40.8 Å². The molecule has 4 rings (SSSR count). The number of piperazine rings is 1. The van der Waals surface area contributed by atoms with Crippen LogP contribution in [-0.2, 0) is 6.54 Å². The van der Waals surface area contributed by atoms with Crippen molar-refractivity contribution in [1.82, 2.24) is 15.1 Å². The second-order valence-corrected chi connectivity index (χ2v) is 6.92. The van der Waals surface area contributed by atoms with Crippen LogP contribution in [0.5, 0.6) is 0 Å². The second kappa shape index (κ2) is 7.42. The van der Waals surface area contributed by atoms with Gasteiger partial charge in [-0.2, -0.15) is 0 Å². The lowest BCUT2D eigenvalue weighted by Crippen LogP contribution is -2.48. The van der Waals surface area contributed by atoms with E-state index < -0.39 is 0 Å². The third kappa shape index (κ3) is 3.78. The first-order valence-corrected chi connectivity index (χ1v) is 9.18. The van der Waals surface area contributed by atoms with E-state index in [4.69, 9.17) is 4.42 Å². The highest BCUT2D eigenvalue weighted by Crippen LogP contribution is 2.20. The van der Waals surface area contributed by atoms with Crippen LogP contribution in [0.25, 0.3) is 0 Å². The molecule has 2 fully saturated rings. The number of rotatable bonds is 4. The van der Waals surface area contributed by atoms with Gasteiger partial charge in [-0.15, -0.1) is 0 Å². The molecule has 1 aromatic carbocycles. The summed E-state index contributed by atoms with van der Waals surface area (Å²) in [6, 6.07) is 14.2. The molecule has 1 N–H and O–H groups in total. The number of carbonyl (C=O) groups excluding carboxylic acids is 1. The first-order chi connectivity index (χ1) is 12.3. The fourth-order valence-corrected chi connectivity index (χ4v) is 3.74. The van der Waals surface area contributed by atoms with Crippen molar-refractivity contribution < 1.29 is 9.21 Å². The Morgan fingerprint density at radius 2 is 1.88 bits per heavy atom. The monoisotopic (exact) mass is 339 g/mol. The molecule has 2 aliphatic heterocycles. The minimum absolute atomic E-state index is 0.00453. The van der Waals surface area contributed by atoms with E-state index in [2.05, 4.69) is 22.3 Å². The number of hydrogen-bond acceptors (Lipinski definition) is 4. The van der Waals surface area contributed by atoms with Crippen LogP contribution in [0.3, 0.4) is 0 Å². The molecule has 2 saturated heterocycles. The molecule has 5 heteroatoms. The van der Waals surface area contributed by atoms with Crippen LogP contribution in [0.4, 0.5) is 0 Å². The number of nitrogens with one attached hydrogen (secondary N) is 1. The Balaban J connectivity index is 1.41. The summed E-state index contributed by atoms with van der Waals surface area (Å²) < 4.78 is 5.85. The van der Waals surface area contributed by atoms with Crippen molar-refractivity contribution in [2.45, 2.75) is 25.4 Å². The summed E-state index contributed by atoms with van der Waals surface area (Å²) in [6.07, 6.45) is 2.52. The van der Waals surface area contributed by atoms with E-state index in [1.165, 1.54) is 18.4 Å². The van der Waals surface area contributed by atoms with Crippen LogP contribution in [-0.4, -0.2) is 48.4 Å². The normalized spacial score (nSPS) is 21.6. The molecule has 1 unspecified atom stereocenters. The van der Waals surface area contributed by atoms with E-state index in [0.717, 1.165) is 31.9 Å². The molecule has 0 spiro atoms. The van der Waals surface area contributed by atoms with Crippen molar-refractivity contribution in [3.05, 3.63) is 59.5 Å². The van der Waals surface area contributed by atoms with E-state index >= 15 is 0 Å². The molecule has 1 aromatic heterocycles. The Kier molecular flexibility index (Phi) is 4.85. The van der Waals surface area contributed by atoms with E-state index in [9.17, 15) is 4.79 Å². The molecule has 0 bridgehead atoms. The molecular formula is C20H25N3O2. The van der Waals surface area contributed by atoms with Crippen LogP contribution in [0.15, 0.2) is 46.9 Å². The number of amides is 1. The molecule has 0 saturated carbocycles. The number of carbonyl (C=O) groups is 1. The third-order valence-electron chi connectivity index (χ3n) is 5.12. The van der Waals surface area contributed by atoms with Gasteiger partial charge in [0.2, 0.25) is 0 Å². The van der Waals surface area contributed by atoms with Gasteiger partial charge in [-0.05, 0) is 43.6 Å². The molecule has 5 nitrogen and oxygen atoms in total. The highest BCUT2D eigenvalue weighted by molar-refractivity contribution is 5.91. The minimum atomic E-state index is -0.00453. The first kappa shape index (κ1) is 16.4. The van der Waals surface area contributed by atoms with Gasteiger partial charge in [0.05, 0.1) is 6.54 Å². The predicted octanol–water partition coefficient (Wildman–Crippen LogP) is 2.66. The van der Waals surface area contributed by atoms with Gasteiger partial charge in [0.1, 0.15) is 5.76 Å². The fraction of sp³-hybridized carbons (Fsp3) is 0.450. The van der Waals surface area contributed by atoms with Gasteiger partial charge < -0.3 is 14.6 Å². The van der Waals surface area contributed by atoms with Gasteiger partial charge in [-0.1, -0.05) is 30.3 Å². The largest absolute Gasteiger partial charge is 0.455 e. The molecule has 1 amide bonds.